The summed E-state index contributed by atoms with van der Waals surface area (Å²) in [6, 6.07) is 2.94. The lowest BCUT2D eigenvalue weighted by Crippen LogP contribution is -2.34. The van der Waals surface area contributed by atoms with E-state index in [1.54, 1.807) is 11.3 Å². The van der Waals surface area contributed by atoms with Crippen LogP contribution in [-0.2, 0) is 23.0 Å². The van der Waals surface area contributed by atoms with Gasteiger partial charge in [-0.3, -0.25) is 10.1 Å². The molecule has 21 heavy (non-hydrogen) atoms. The molecule has 0 radical (unpaired) electrons. The van der Waals surface area contributed by atoms with Crippen LogP contribution >= 0.6 is 34.3 Å². The van der Waals surface area contributed by atoms with Gasteiger partial charge in [-0.05, 0) is 23.4 Å². The van der Waals surface area contributed by atoms with Crippen molar-refractivity contribution in [2.24, 2.45) is 0 Å². The smallest absolute Gasteiger partial charge is 0.258 e. The van der Waals surface area contributed by atoms with Crippen molar-refractivity contribution in [3.8, 4) is 0 Å². The number of hydrogen-bond donors (Lipinski definition) is 0. The van der Waals surface area contributed by atoms with E-state index in [0.717, 1.165) is 23.0 Å². The zero-order chi connectivity index (χ0) is 15.2. The fraction of sp³-hybridized carbons (Fsp3) is 0.273. The number of rotatable bonds is 3. The Kier molecular flexibility index (Phi) is 3.78. The quantitative estimate of drug-likeness (QED) is 0.619. The maximum atomic E-state index is 12.6. The van der Waals surface area contributed by atoms with Gasteiger partial charge in [0, 0.05) is 24.0 Å². The average Bonchev–Trinajstić information content (AvgIpc) is 3.03. The highest BCUT2D eigenvalue weighted by molar-refractivity contribution is 7.91. The molecule has 0 atom stereocenters. The molecular formula is C11H9ClN2O4S3. The van der Waals surface area contributed by atoms with Crippen LogP contribution in [0.15, 0.2) is 21.7 Å². The minimum atomic E-state index is -3.75. The van der Waals surface area contributed by atoms with E-state index in [-0.39, 0.29) is 14.2 Å². The zero-order valence-electron chi connectivity index (χ0n) is 10.5. The lowest BCUT2D eigenvalue weighted by Gasteiger charge is -2.25. The van der Waals surface area contributed by atoms with E-state index in [0.29, 0.717) is 19.5 Å². The first-order chi connectivity index (χ1) is 9.89. The van der Waals surface area contributed by atoms with Crippen LogP contribution in [0.1, 0.15) is 10.4 Å². The standard InChI is InChI=1S/C11H9ClN2O4S3/c12-11-8(14(15)16)5-10(20-11)21(17,18)13-3-1-9-7(6-13)2-4-19-9/h2,4-5H,1,3,6H2. The van der Waals surface area contributed by atoms with E-state index in [2.05, 4.69) is 0 Å². The van der Waals surface area contributed by atoms with Crippen molar-refractivity contribution < 1.29 is 13.3 Å². The second-order valence-corrected chi connectivity index (χ2v) is 9.26. The Balaban J connectivity index is 1.95. The van der Waals surface area contributed by atoms with Crippen LogP contribution in [0.2, 0.25) is 4.34 Å². The summed E-state index contributed by atoms with van der Waals surface area (Å²) in [5.74, 6) is 0. The Morgan fingerprint density at radius 3 is 2.86 bits per heavy atom. The molecule has 0 N–H and O–H groups in total. The van der Waals surface area contributed by atoms with Gasteiger partial charge in [0.1, 0.15) is 4.21 Å². The topological polar surface area (TPSA) is 80.5 Å². The second kappa shape index (κ2) is 5.33. The van der Waals surface area contributed by atoms with Gasteiger partial charge in [-0.2, -0.15) is 4.31 Å². The van der Waals surface area contributed by atoms with Crippen molar-refractivity contribution in [1.82, 2.24) is 4.31 Å². The van der Waals surface area contributed by atoms with Crippen LogP contribution in [0.5, 0.6) is 0 Å². The zero-order valence-corrected chi connectivity index (χ0v) is 13.7. The van der Waals surface area contributed by atoms with Gasteiger partial charge in [-0.15, -0.1) is 22.7 Å². The Labute approximate surface area is 133 Å². The van der Waals surface area contributed by atoms with Crippen molar-refractivity contribution in [3.05, 3.63) is 42.4 Å². The van der Waals surface area contributed by atoms with E-state index < -0.39 is 14.9 Å². The second-order valence-electron chi connectivity index (χ2n) is 4.44. The van der Waals surface area contributed by atoms with Gasteiger partial charge in [0.15, 0.2) is 4.34 Å². The first-order valence-electron chi connectivity index (χ1n) is 5.88. The molecule has 10 heteroatoms. The molecule has 1 aliphatic heterocycles. The predicted octanol–water partition coefficient (Wildman–Crippen LogP) is 3.12. The molecule has 2 aromatic rings. The van der Waals surface area contributed by atoms with Crippen molar-refractivity contribution in [2.75, 3.05) is 6.54 Å². The Bertz CT molecular complexity index is 811. The summed E-state index contributed by atoms with van der Waals surface area (Å²) in [4.78, 5) is 11.3. The SMILES string of the molecule is O=[N+]([O-])c1cc(S(=O)(=O)N2CCc3sccc3C2)sc1Cl. The largest absolute Gasteiger partial charge is 0.300 e. The monoisotopic (exact) mass is 364 g/mol. The summed E-state index contributed by atoms with van der Waals surface area (Å²) in [6.45, 7) is 0.670. The maximum absolute atomic E-state index is 12.6. The van der Waals surface area contributed by atoms with Crippen LogP contribution in [0.25, 0.3) is 0 Å². The normalized spacial score (nSPS) is 15.9. The molecule has 3 heterocycles. The third kappa shape index (κ3) is 2.59. The van der Waals surface area contributed by atoms with Crippen LogP contribution in [0, 0.1) is 10.1 Å². The van der Waals surface area contributed by atoms with E-state index >= 15 is 0 Å². The highest BCUT2D eigenvalue weighted by Gasteiger charge is 2.32. The summed E-state index contributed by atoms with van der Waals surface area (Å²) in [5.41, 5.74) is 0.625. The van der Waals surface area contributed by atoms with Crippen LogP contribution < -0.4 is 0 Å². The lowest BCUT2D eigenvalue weighted by molar-refractivity contribution is -0.384. The van der Waals surface area contributed by atoms with Gasteiger partial charge in [-0.1, -0.05) is 11.6 Å². The molecule has 0 saturated carbocycles. The molecule has 6 nitrogen and oxygen atoms in total. The third-order valence-corrected chi connectivity index (χ3v) is 7.86. The molecule has 3 rings (SSSR count). The summed E-state index contributed by atoms with van der Waals surface area (Å²) in [5, 5.41) is 12.7. The van der Waals surface area contributed by atoms with E-state index in [1.807, 2.05) is 11.4 Å². The van der Waals surface area contributed by atoms with Crippen molar-refractivity contribution in [2.45, 2.75) is 17.2 Å². The number of halogens is 1. The first kappa shape index (κ1) is 14.9. The summed E-state index contributed by atoms with van der Waals surface area (Å²) < 4.78 is 26.3. The van der Waals surface area contributed by atoms with Gasteiger partial charge >= 0.3 is 0 Å². The Morgan fingerprint density at radius 2 is 2.19 bits per heavy atom. The highest BCUT2D eigenvalue weighted by Crippen LogP contribution is 2.38. The number of nitro groups is 1. The predicted molar refractivity (Wildman–Crippen MR) is 81.6 cm³/mol. The van der Waals surface area contributed by atoms with Crippen molar-refractivity contribution in [3.63, 3.8) is 0 Å². The van der Waals surface area contributed by atoms with Gasteiger partial charge in [0.05, 0.1) is 4.92 Å². The molecular weight excluding hydrogens is 356 g/mol. The molecule has 112 valence electrons. The van der Waals surface area contributed by atoms with Gasteiger partial charge in [0.2, 0.25) is 0 Å². The molecule has 0 spiro atoms. The minimum Gasteiger partial charge on any atom is -0.258 e. The van der Waals surface area contributed by atoms with E-state index in [9.17, 15) is 18.5 Å². The Morgan fingerprint density at radius 1 is 1.43 bits per heavy atom. The van der Waals surface area contributed by atoms with Gasteiger partial charge in [-0.25, -0.2) is 8.42 Å². The van der Waals surface area contributed by atoms with Crippen molar-refractivity contribution in [1.29, 1.82) is 0 Å². The molecule has 0 aliphatic carbocycles. The molecule has 0 aromatic carbocycles. The third-order valence-electron chi connectivity index (χ3n) is 3.21. The van der Waals surface area contributed by atoms with E-state index in [4.69, 9.17) is 11.6 Å². The number of nitrogens with zero attached hydrogens (tertiary/aromatic N) is 2. The lowest BCUT2D eigenvalue weighted by atomic mass is 10.1. The number of sulfonamides is 1. The summed E-state index contributed by atoms with van der Waals surface area (Å²) >= 11 is 8.08. The van der Waals surface area contributed by atoms with Crippen LogP contribution in [0.3, 0.4) is 0 Å². The molecule has 1 aliphatic rings. The molecule has 0 bridgehead atoms. The number of hydrogen-bond acceptors (Lipinski definition) is 6. The van der Waals surface area contributed by atoms with Crippen LogP contribution in [0.4, 0.5) is 5.69 Å². The molecule has 0 amide bonds. The molecule has 0 saturated heterocycles. The number of fused-ring (bicyclic) bond motifs is 1. The Hall–Kier alpha value is -1.00. The number of thiophene rings is 2. The summed E-state index contributed by atoms with van der Waals surface area (Å²) in [6.07, 6.45) is 0.660. The average molecular weight is 365 g/mol. The summed E-state index contributed by atoms with van der Waals surface area (Å²) in [7, 11) is -3.75. The molecule has 0 fully saturated rings. The van der Waals surface area contributed by atoms with Gasteiger partial charge in [0.25, 0.3) is 15.7 Å². The van der Waals surface area contributed by atoms with Gasteiger partial charge < -0.3 is 0 Å². The highest BCUT2D eigenvalue weighted by atomic mass is 35.5. The molecule has 2 aromatic heterocycles. The first-order valence-corrected chi connectivity index (χ1v) is 9.40. The van der Waals surface area contributed by atoms with E-state index in [1.165, 1.54) is 9.18 Å². The minimum absolute atomic E-state index is 0.0853. The molecule has 0 unspecified atom stereocenters. The van der Waals surface area contributed by atoms with Crippen molar-refractivity contribution >= 4 is 50.0 Å². The van der Waals surface area contributed by atoms with Crippen LogP contribution in [-0.4, -0.2) is 24.2 Å². The fourth-order valence-electron chi connectivity index (χ4n) is 2.15. The fourth-order valence-corrected chi connectivity index (χ4v) is 6.27. The maximum Gasteiger partial charge on any atom is 0.300 e.